The van der Waals surface area contributed by atoms with Gasteiger partial charge in [-0.1, -0.05) is 0 Å². The van der Waals surface area contributed by atoms with E-state index in [0.717, 1.165) is 0 Å². The highest BCUT2D eigenvalue weighted by atomic mass is 16.7. The van der Waals surface area contributed by atoms with Gasteiger partial charge in [0.2, 0.25) is 12.2 Å². The molecule has 5 heteroatoms. The summed E-state index contributed by atoms with van der Waals surface area (Å²) in [4.78, 5) is 22.3. The Kier molecular flexibility index (Phi) is 6.96. The second-order valence-electron chi connectivity index (χ2n) is 2.56. The molecule has 82 valence electrons. The number of rotatable bonds is 7. The Bertz CT molecular complexity index is 187. The minimum Gasteiger partial charge on any atom is -0.359 e. The zero-order valence-electron chi connectivity index (χ0n) is 8.83. The van der Waals surface area contributed by atoms with Crippen molar-refractivity contribution in [1.82, 2.24) is 5.32 Å². The zero-order chi connectivity index (χ0) is 11.0. The molecule has 0 aromatic rings. The van der Waals surface area contributed by atoms with Crippen molar-refractivity contribution in [3.8, 4) is 0 Å². The van der Waals surface area contributed by atoms with Crippen molar-refractivity contribution in [2.45, 2.75) is 26.6 Å². The van der Waals surface area contributed by atoms with E-state index in [9.17, 15) is 9.59 Å². The average molecular weight is 203 g/mol. The lowest BCUT2D eigenvalue weighted by Gasteiger charge is -2.14. The smallest absolute Gasteiger partial charge is 0.227 e. The van der Waals surface area contributed by atoms with Crippen molar-refractivity contribution in [3.63, 3.8) is 0 Å². The largest absolute Gasteiger partial charge is 0.359 e. The van der Waals surface area contributed by atoms with E-state index in [4.69, 9.17) is 9.47 Å². The van der Waals surface area contributed by atoms with E-state index in [1.165, 1.54) is 7.05 Å². The van der Waals surface area contributed by atoms with Gasteiger partial charge in [-0.25, -0.2) is 0 Å². The molecule has 0 unspecified atom stereocenters. The van der Waals surface area contributed by atoms with Crippen LogP contribution in [0.3, 0.4) is 0 Å². The van der Waals surface area contributed by atoms with E-state index in [1.807, 2.05) is 0 Å². The van der Waals surface area contributed by atoms with Crippen LogP contribution in [-0.4, -0.2) is 38.2 Å². The quantitative estimate of drug-likeness (QED) is 0.470. The van der Waals surface area contributed by atoms with E-state index in [2.05, 4.69) is 5.32 Å². The van der Waals surface area contributed by atoms with Crippen molar-refractivity contribution in [2.75, 3.05) is 20.3 Å². The first-order chi connectivity index (χ1) is 6.65. The fourth-order valence-corrected chi connectivity index (χ4v) is 0.867. The van der Waals surface area contributed by atoms with E-state index >= 15 is 0 Å². The number of carbonyl (C=O) groups excluding carboxylic acids is 2. The lowest BCUT2D eigenvalue weighted by molar-refractivity contribution is -0.168. The monoisotopic (exact) mass is 203 g/mol. The van der Waals surface area contributed by atoms with Gasteiger partial charge >= 0.3 is 0 Å². The predicted octanol–water partition coefficient (Wildman–Crippen LogP) is 0.0907. The van der Waals surface area contributed by atoms with E-state index < -0.39 is 6.29 Å². The van der Waals surface area contributed by atoms with Crippen LogP contribution in [-0.2, 0) is 19.1 Å². The molecule has 0 aromatic heterocycles. The number of hydrogen-bond donors (Lipinski definition) is 1. The van der Waals surface area contributed by atoms with Crippen molar-refractivity contribution < 1.29 is 19.1 Å². The van der Waals surface area contributed by atoms with Crippen LogP contribution in [0.1, 0.15) is 20.3 Å². The molecule has 0 fully saturated rings. The lowest BCUT2D eigenvalue weighted by Crippen LogP contribution is -2.32. The van der Waals surface area contributed by atoms with Crippen LogP contribution in [0.2, 0.25) is 0 Å². The third kappa shape index (κ3) is 4.94. The maximum Gasteiger partial charge on any atom is 0.227 e. The number of Topliss-reactive ketones (excluding diaryl/α,β-unsaturated/α-hetero) is 1. The number of ether oxygens (including phenoxy) is 2. The van der Waals surface area contributed by atoms with Crippen LogP contribution in [0.4, 0.5) is 0 Å². The lowest BCUT2D eigenvalue weighted by atomic mass is 10.2. The number of hydrogen-bond acceptors (Lipinski definition) is 4. The maximum absolute atomic E-state index is 11.4. The molecule has 0 aliphatic carbocycles. The predicted molar refractivity (Wildman–Crippen MR) is 50.7 cm³/mol. The van der Waals surface area contributed by atoms with Gasteiger partial charge in [0.05, 0.1) is 6.42 Å². The third-order valence-corrected chi connectivity index (χ3v) is 1.51. The summed E-state index contributed by atoms with van der Waals surface area (Å²) in [7, 11) is 1.48. The highest BCUT2D eigenvalue weighted by Gasteiger charge is 2.20. The Morgan fingerprint density at radius 3 is 2.07 bits per heavy atom. The molecule has 1 N–H and O–H groups in total. The first-order valence-electron chi connectivity index (χ1n) is 4.62. The summed E-state index contributed by atoms with van der Waals surface area (Å²) in [5.74, 6) is -0.688. The Balaban J connectivity index is 4.06. The molecule has 0 atom stereocenters. The van der Waals surface area contributed by atoms with Crippen LogP contribution in [0.15, 0.2) is 0 Å². The molecule has 0 aromatic carbocycles. The Morgan fingerprint density at radius 1 is 1.21 bits per heavy atom. The molecular weight excluding hydrogens is 186 g/mol. The summed E-state index contributed by atoms with van der Waals surface area (Å²) in [6, 6.07) is 0. The molecule has 1 amide bonds. The van der Waals surface area contributed by atoms with E-state index in [0.29, 0.717) is 13.2 Å². The zero-order valence-corrected chi connectivity index (χ0v) is 8.83. The van der Waals surface area contributed by atoms with Crippen molar-refractivity contribution >= 4 is 11.7 Å². The van der Waals surface area contributed by atoms with Gasteiger partial charge in [-0.3, -0.25) is 9.59 Å². The molecule has 0 spiro atoms. The molecule has 0 bridgehead atoms. The minimum absolute atomic E-state index is 0.207. The molecule has 14 heavy (non-hydrogen) atoms. The van der Waals surface area contributed by atoms with Gasteiger partial charge in [-0.2, -0.15) is 0 Å². The van der Waals surface area contributed by atoms with Crippen LogP contribution >= 0.6 is 0 Å². The molecule has 0 aliphatic heterocycles. The first-order valence-corrected chi connectivity index (χ1v) is 4.62. The van der Waals surface area contributed by atoms with Gasteiger partial charge in [0.25, 0.3) is 0 Å². The summed E-state index contributed by atoms with van der Waals surface area (Å²) < 4.78 is 10.1. The SMILES string of the molecule is CCOC(OCC)C(=O)CC(=O)NC. The molecule has 0 heterocycles. The van der Waals surface area contributed by atoms with Crippen LogP contribution in [0.25, 0.3) is 0 Å². The summed E-state index contributed by atoms with van der Waals surface area (Å²) in [6.45, 7) is 4.28. The average Bonchev–Trinajstić information content (AvgIpc) is 2.17. The molecule has 0 rings (SSSR count). The summed E-state index contributed by atoms with van der Waals surface area (Å²) in [5, 5.41) is 2.36. The molecule has 5 nitrogen and oxygen atoms in total. The maximum atomic E-state index is 11.4. The summed E-state index contributed by atoms with van der Waals surface area (Å²) >= 11 is 0. The van der Waals surface area contributed by atoms with Crippen LogP contribution in [0.5, 0.6) is 0 Å². The topological polar surface area (TPSA) is 64.6 Å². The normalized spacial score (nSPS) is 10.3. The number of carbonyl (C=O) groups is 2. The molecule has 0 saturated carbocycles. The summed E-state index contributed by atoms with van der Waals surface area (Å²) in [6.07, 6.45) is -1.12. The molecular formula is C9H17NO4. The van der Waals surface area contributed by atoms with Crippen LogP contribution < -0.4 is 5.32 Å². The second kappa shape index (κ2) is 7.46. The standard InChI is InChI=1S/C9H17NO4/c1-4-13-9(14-5-2)7(11)6-8(12)10-3/h9H,4-6H2,1-3H3,(H,10,12). The first kappa shape index (κ1) is 13.1. The minimum atomic E-state index is -0.915. The Labute approximate surface area is 83.8 Å². The fraction of sp³-hybridized carbons (Fsp3) is 0.778. The molecule has 0 aliphatic rings. The van der Waals surface area contributed by atoms with Crippen molar-refractivity contribution in [2.24, 2.45) is 0 Å². The fourth-order valence-electron chi connectivity index (χ4n) is 0.867. The van der Waals surface area contributed by atoms with Gasteiger partial charge in [0.15, 0.2) is 5.78 Å². The van der Waals surface area contributed by atoms with Gasteiger partial charge in [-0.05, 0) is 13.8 Å². The molecule has 0 radical (unpaired) electrons. The van der Waals surface area contributed by atoms with E-state index in [-0.39, 0.29) is 18.1 Å². The highest BCUT2D eigenvalue weighted by Crippen LogP contribution is 2.00. The number of ketones is 1. The second-order valence-corrected chi connectivity index (χ2v) is 2.56. The molecule has 0 saturated heterocycles. The Morgan fingerprint density at radius 2 is 1.71 bits per heavy atom. The van der Waals surface area contributed by atoms with Crippen molar-refractivity contribution in [1.29, 1.82) is 0 Å². The van der Waals surface area contributed by atoms with Gasteiger partial charge in [-0.15, -0.1) is 0 Å². The Hall–Kier alpha value is -0.940. The van der Waals surface area contributed by atoms with Gasteiger partial charge in [0.1, 0.15) is 0 Å². The highest BCUT2D eigenvalue weighted by molar-refractivity contribution is 5.99. The van der Waals surface area contributed by atoms with Gasteiger partial charge in [0, 0.05) is 20.3 Å². The third-order valence-electron chi connectivity index (χ3n) is 1.51. The van der Waals surface area contributed by atoms with Gasteiger partial charge < -0.3 is 14.8 Å². The van der Waals surface area contributed by atoms with Crippen LogP contribution in [0, 0.1) is 0 Å². The number of nitrogens with one attached hydrogen (secondary N) is 1. The summed E-state index contributed by atoms with van der Waals surface area (Å²) in [5.41, 5.74) is 0. The van der Waals surface area contributed by atoms with E-state index in [1.54, 1.807) is 13.8 Å². The number of amides is 1. The van der Waals surface area contributed by atoms with Crippen molar-refractivity contribution in [3.05, 3.63) is 0 Å².